The summed E-state index contributed by atoms with van der Waals surface area (Å²) in [4.78, 5) is 10.2. The van der Waals surface area contributed by atoms with Gasteiger partial charge in [0, 0.05) is 16.5 Å². The minimum Gasteiger partial charge on any atom is -0.228 e. The second-order valence-electron chi connectivity index (χ2n) is 12.1. The molecule has 0 atom stereocenters. The Morgan fingerprint density at radius 1 is 0.362 bits per heavy atom. The first-order valence-corrected chi connectivity index (χ1v) is 16.1. The van der Waals surface area contributed by atoms with E-state index in [4.69, 9.17) is 9.97 Å². The van der Waals surface area contributed by atoms with Crippen LogP contribution in [0.2, 0.25) is 0 Å². The van der Waals surface area contributed by atoms with Crippen molar-refractivity contribution in [2.75, 3.05) is 0 Å². The molecule has 0 N–H and O–H groups in total. The van der Waals surface area contributed by atoms with Crippen LogP contribution in [0.1, 0.15) is 22.3 Å². The van der Waals surface area contributed by atoms with Crippen molar-refractivity contribution in [3.8, 4) is 44.9 Å². The Hall–Kier alpha value is -6.12. The third kappa shape index (κ3) is 4.26. The molecule has 1 aliphatic carbocycles. The Labute approximate surface area is 274 Å². The molecular weight excluding hydrogens is 569 g/mol. The summed E-state index contributed by atoms with van der Waals surface area (Å²) in [5.74, 6) is 0.727. The third-order valence-corrected chi connectivity index (χ3v) is 9.58. The molecular formula is C45H30N2. The first-order chi connectivity index (χ1) is 23.3. The maximum Gasteiger partial charge on any atom is 0.160 e. The summed E-state index contributed by atoms with van der Waals surface area (Å²) in [5.41, 5.74) is 13.5. The highest BCUT2D eigenvalue weighted by atomic mass is 14.9. The van der Waals surface area contributed by atoms with Crippen LogP contribution in [-0.4, -0.2) is 9.97 Å². The zero-order valence-electron chi connectivity index (χ0n) is 25.7. The van der Waals surface area contributed by atoms with Crippen LogP contribution >= 0.6 is 0 Å². The lowest BCUT2D eigenvalue weighted by Gasteiger charge is -2.34. The van der Waals surface area contributed by atoms with Crippen LogP contribution < -0.4 is 0 Å². The largest absolute Gasteiger partial charge is 0.228 e. The highest BCUT2D eigenvalue weighted by Gasteiger charge is 2.45. The smallest absolute Gasteiger partial charge is 0.160 e. The number of para-hydroxylation sites is 1. The van der Waals surface area contributed by atoms with Gasteiger partial charge in [-0.15, -0.1) is 0 Å². The van der Waals surface area contributed by atoms with E-state index in [9.17, 15) is 0 Å². The van der Waals surface area contributed by atoms with E-state index in [0.29, 0.717) is 0 Å². The summed E-state index contributed by atoms with van der Waals surface area (Å²) >= 11 is 0. The van der Waals surface area contributed by atoms with E-state index >= 15 is 0 Å². The van der Waals surface area contributed by atoms with Gasteiger partial charge in [0.2, 0.25) is 0 Å². The summed E-state index contributed by atoms with van der Waals surface area (Å²) in [6.07, 6.45) is 0. The van der Waals surface area contributed by atoms with Gasteiger partial charge in [0.1, 0.15) is 0 Å². The van der Waals surface area contributed by atoms with Crippen LogP contribution in [-0.2, 0) is 5.41 Å². The van der Waals surface area contributed by atoms with E-state index in [1.165, 1.54) is 33.4 Å². The van der Waals surface area contributed by atoms with Crippen molar-refractivity contribution >= 4 is 10.9 Å². The lowest BCUT2D eigenvalue weighted by atomic mass is 9.67. The second-order valence-corrected chi connectivity index (χ2v) is 12.1. The highest BCUT2D eigenvalue weighted by Crippen LogP contribution is 2.56. The van der Waals surface area contributed by atoms with Crippen molar-refractivity contribution in [2.45, 2.75) is 5.41 Å². The third-order valence-electron chi connectivity index (χ3n) is 9.58. The van der Waals surface area contributed by atoms with Gasteiger partial charge in [-0.2, -0.15) is 0 Å². The molecule has 0 aliphatic heterocycles. The fourth-order valence-electron chi connectivity index (χ4n) is 7.57. The van der Waals surface area contributed by atoms with Gasteiger partial charge in [-0.05, 0) is 56.6 Å². The van der Waals surface area contributed by atoms with Crippen molar-refractivity contribution in [3.63, 3.8) is 0 Å². The molecule has 8 aromatic rings. The van der Waals surface area contributed by atoms with Crippen molar-refractivity contribution in [1.82, 2.24) is 9.97 Å². The number of hydrogen-bond donors (Lipinski definition) is 0. The van der Waals surface area contributed by atoms with Crippen LogP contribution in [0.25, 0.3) is 55.8 Å². The number of aromatic nitrogens is 2. The maximum atomic E-state index is 5.24. The van der Waals surface area contributed by atoms with Gasteiger partial charge in [-0.25, -0.2) is 9.97 Å². The standard InChI is InChI=1S/C45H30N2/c1-3-16-31(17-4-1)44-46-42-29-14-11-26-39(42)43(47-44)38-25-8-7-22-35(38)32-18-15-21-34(30-32)45(33-19-5-2-6-20-33)40-27-12-9-23-36(40)37-24-10-13-28-41(37)45/h1-30H. The second kappa shape index (κ2) is 11.0. The molecule has 0 amide bonds. The fraction of sp³-hybridized carbons (Fsp3) is 0.0222. The van der Waals surface area contributed by atoms with Gasteiger partial charge in [0.05, 0.1) is 16.6 Å². The Morgan fingerprint density at radius 2 is 0.894 bits per heavy atom. The van der Waals surface area contributed by atoms with E-state index in [0.717, 1.165) is 44.7 Å². The predicted octanol–water partition coefficient (Wildman–Crippen LogP) is 11.0. The van der Waals surface area contributed by atoms with Crippen LogP contribution in [0.3, 0.4) is 0 Å². The molecule has 0 saturated heterocycles. The Bertz CT molecular complexity index is 2370. The number of hydrogen-bond acceptors (Lipinski definition) is 2. The molecule has 0 radical (unpaired) electrons. The fourth-order valence-corrected chi connectivity index (χ4v) is 7.57. The summed E-state index contributed by atoms with van der Waals surface area (Å²) in [6, 6.07) is 65.1. The Kier molecular flexibility index (Phi) is 6.39. The van der Waals surface area contributed by atoms with Crippen LogP contribution in [0, 0.1) is 0 Å². The van der Waals surface area contributed by atoms with Gasteiger partial charge in [0.15, 0.2) is 5.82 Å². The molecule has 0 spiro atoms. The molecule has 0 unspecified atom stereocenters. The molecule has 2 nitrogen and oxygen atoms in total. The number of rotatable bonds is 5. The van der Waals surface area contributed by atoms with E-state index in [-0.39, 0.29) is 0 Å². The lowest BCUT2D eigenvalue weighted by molar-refractivity contribution is 0.769. The normalized spacial score (nSPS) is 12.9. The maximum absolute atomic E-state index is 5.24. The van der Waals surface area contributed by atoms with Gasteiger partial charge >= 0.3 is 0 Å². The van der Waals surface area contributed by atoms with E-state index < -0.39 is 5.41 Å². The number of fused-ring (bicyclic) bond motifs is 4. The van der Waals surface area contributed by atoms with Crippen molar-refractivity contribution in [2.24, 2.45) is 0 Å². The predicted molar refractivity (Wildman–Crippen MR) is 193 cm³/mol. The van der Waals surface area contributed by atoms with Crippen molar-refractivity contribution in [1.29, 1.82) is 0 Å². The van der Waals surface area contributed by atoms with Crippen molar-refractivity contribution < 1.29 is 0 Å². The van der Waals surface area contributed by atoms with Gasteiger partial charge in [0.25, 0.3) is 0 Å². The quantitative estimate of drug-likeness (QED) is 0.197. The molecule has 9 rings (SSSR count). The Balaban J connectivity index is 1.29. The molecule has 1 heterocycles. The topological polar surface area (TPSA) is 25.8 Å². The SMILES string of the molecule is c1ccc(-c2nc(-c3ccccc3-c3cccc(C4(c5ccccc5)c5ccccc5-c5ccccc54)c3)c3ccccc3n2)cc1. The molecule has 0 bridgehead atoms. The summed E-state index contributed by atoms with van der Waals surface area (Å²) in [6.45, 7) is 0. The van der Waals surface area contributed by atoms with E-state index in [2.05, 4.69) is 158 Å². The first-order valence-electron chi connectivity index (χ1n) is 16.1. The van der Waals surface area contributed by atoms with Gasteiger partial charge in [-0.3, -0.25) is 0 Å². The minimum absolute atomic E-state index is 0.457. The molecule has 1 aliphatic rings. The molecule has 220 valence electrons. The van der Waals surface area contributed by atoms with E-state index in [1.807, 2.05) is 24.3 Å². The Morgan fingerprint density at radius 3 is 1.62 bits per heavy atom. The molecule has 7 aromatic carbocycles. The first kappa shape index (κ1) is 27.2. The van der Waals surface area contributed by atoms with E-state index in [1.54, 1.807) is 0 Å². The highest BCUT2D eigenvalue weighted by molar-refractivity contribution is 5.98. The summed E-state index contributed by atoms with van der Waals surface area (Å²) in [5, 5.41) is 1.04. The van der Waals surface area contributed by atoms with Gasteiger partial charge < -0.3 is 0 Å². The zero-order chi connectivity index (χ0) is 31.2. The number of benzene rings is 7. The molecule has 1 aromatic heterocycles. The average molecular weight is 599 g/mol. The van der Waals surface area contributed by atoms with Crippen LogP contribution in [0.15, 0.2) is 182 Å². The summed E-state index contributed by atoms with van der Waals surface area (Å²) < 4.78 is 0. The number of nitrogens with zero attached hydrogens (tertiary/aromatic N) is 2. The summed E-state index contributed by atoms with van der Waals surface area (Å²) in [7, 11) is 0. The molecule has 0 fully saturated rings. The lowest BCUT2D eigenvalue weighted by Crippen LogP contribution is -2.28. The minimum atomic E-state index is -0.457. The molecule has 0 saturated carbocycles. The molecule has 2 heteroatoms. The molecule has 47 heavy (non-hydrogen) atoms. The van der Waals surface area contributed by atoms with Gasteiger partial charge in [-0.1, -0.05) is 170 Å². The van der Waals surface area contributed by atoms with Crippen LogP contribution in [0.4, 0.5) is 0 Å². The zero-order valence-corrected chi connectivity index (χ0v) is 25.7. The average Bonchev–Trinajstić information content (AvgIpc) is 3.46. The van der Waals surface area contributed by atoms with Crippen LogP contribution in [0.5, 0.6) is 0 Å². The van der Waals surface area contributed by atoms with Crippen molar-refractivity contribution in [3.05, 3.63) is 204 Å². The monoisotopic (exact) mass is 598 g/mol.